The van der Waals surface area contributed by atoms with E-state index in [-0.39, 0.29) is 0 Å². The molecule has 7 heteroatoms. The average molecular weight is 434 g/mol. The summed E-state index contributed by atoms with van der Waals surface area (Å²) in [4.78, 5) is 0. The Morgan fingerprint density at radius 3 is 1.97 bits per heavy atom. The molecule has 6 nitrogen and oxygen atoms in total. The lowest BCUT2D eigenvalue weighted by atomic mass is 10.1. The maximum atomic E-state index is 5.53. The summed E-state index contributed by atoms with van der Waals surface area (Å²) < 4.78 is 18.6. The van der Waals surface area contributed by atoms with Gasteiger partial charge in [-0.15, -0.1) is 10.2 Å². The zero-order chi connectivity index (χ0) is 21.6. The van der Waals surface area contributed by atoms with Crippen LogP contribution in [0, 0.1) is 0 Å². The molecule has 0 radical (unpaired) electrons. The SMILES string of the molecule is COc1cc(-c2nnc(SCc3ccccc3)n2-c2ccccc2)cc(OC)c1OC. The van der Waals surface area contributed by atoms with Crippen molar-refractivity contribution in [2.24, 2.45) is 0 Å². The topological polar surface area (TPSA) is 58.4 Å². The zero-order valence-electron chi connectivity index (χ0n) is 17.6. The van der Waals surface area contributed by atoms with E-state index in [0.717, 1.165) is 22.2 Å². The minimum absolute atomic E-state index is 0.540. The summed E-state index contributed by atoms with van der Waals surface area (Å²) in [6.07, 6.45) is 0. The smallest absolute Gasteiger partial charge is 0.203 e. The first-order valence-corrected chi connectivity index (χ1v) is 10.7. The Balaban J connectivity index is 1.81. The first-order valence-electron chi connectivity index (χ1n) is 9.73. The highest BCUT2D eigenvalue weighted by Gasteiger charge is 2.20. The highest BCUT2D eigenvalue weighted by molar-refractivity contribution is 7.98. The number of para-hydroxylation sites is 1. The molecule has 0 bridgehead atoms. The van der Waals surface area contributed by atoms with Gasteiger partial charge in [-0.3, -0.25) is 4.57 Å². The molecule has 0 aliphatic heterocycles. The van der Waals surface area contributed by atoms with Crippen LogP contribution in [0.4, 0.5) is 0 Å². The summed E-state index contributed by atoms with van der Waals surface area (Å²) in [6.45, 7) is 0. The van der Waals surface area contributed by atoms with Crippen LogP contribution in [0.25, 0.3) is 17.1 Å². The molecule has 0 fully saturated rings. The van der Waals surface area contributed by atoms with Crippen molar-refractivity contribution < 1.29 is 14.2 Å². The molecule has 0 saturated carbocycles. The number of hydrogen-bond donors (Lipinski definition) is 0. The minimum atomic E-state index is 0.540. The largest absolute Gasteiger partial charge is 0.493 e. The molecule has 158 valence electrons. The number of hydrogen-bond acceptors (Lipinski definition) is 6. The summed E-state index contributed by atoms with van der Waals surface area (Å²) >= 11 is 1.64. The summed E-state index contributed by atoms with van der Waals surface area (Å²) in [5.74, 6) is 3.16. The Bertz CT molecular complexity index is 1120. The monoisotopic (exact) mass is 433 g/mol. The van der Waals surface area contributed by atoms with Crippen LogP contribution in [0.3, 0.4) is 0 Å². The Labute approximate surface area is 185 Å². The van der Waals surface area contributed by atoms with Crippen molar-refractivity contribution in [1.29, 1.82) is 0 Å². The number of methoxy groups -OCH3 is 3. The van der Waals surface area contributed by atoms with Crippen molar-refractivity contribution in [3.8, 4) is 34.3 Å². The van der Waals surface area contributed by atoms with Crippen LogP contribution in [0.15, 0.2) is 78.0 Å². The van der Waals surface area contributed by atoms with Crippen molar-refractivity contribution in [3.05, 3.63) is 78.4 Å². The van der Waals surface area contributed by atoms with E-state index >= 15 is 0 Å². The fourth-order valence-corrected chi connectivity index (χ4v) is 4.20. The van der Waals surface area contributed by atoms with Crippen molar-refractivity contribution >= 4 is 11.8 Å². The summed E-state index contributed by atoms with van der Waals surface area (Å²) in [6, 6.07) is 24.2. The van der Waals surface area contributed by atoms with Gasteiger partial charge in [0.05, 0.1) is 21.3 Å². The molecular formula is C24H23N3O3S. The van der Waals surface area contributed by atoms with E-state index in [9.17, 15) is 0 Å². The molecule has 31 heavy (non-hydrogen) atoms. The number of rotatable bonds is 8. The van der Waals surface area contributed by atoms with E-state index < -0.39 is 0 Å². The van der Waals surface area contributed by atoms with Gasteiger partial charge in [0.25, 0.3) is 0 Å². The van der Waals surface area contributed by atoms with Gasteiger partial charge in [-0.1, -0.05) is 60.3 Å². The maximum absolute atomic E-state index is 5.53. The number of aromatic nitrogens is 3. The van der Waals surface area contributed by atoms with E-state index in [1.807, 2.05) is 65.2 Å². The van der Waals surface area contributed by atoms with E-state index in [0.29, 0.717) is 23.1 Å². The Morgan fingerprint density at radius 2 is 1.39 bits per heavy atom. The second-order valence-electron chi connectivity index (χ2n) is 6.67. The third kappa shape index (κ3) is 4.36. The molecule has 0 unspecified atom stereocenters. The van der Waals surface area contributed by atoms with E-state index in [2.05, 4.69) is 22.3 Å². The van der Waals surface area contributed by atoms with E-state index in [1.165, 1.54) is 5.56 Å². The lowest BCUT2D eigenvalue weighted by molar-refractivity contribution is 0.324. The number of thioether (sulfide) groups is 1. The predicted molar refractivity (Wildman–Crippen MR) is 122 cm³/mol. The molecular weight excluding hydrogens is 410 g/mol. The van der Waals surface area contributed by atoms with Gasteiger partial charge in [0.1, 0.15) is 0 Å². The third-order valence-corrected chi connectivity index (χ3v) is 5.78. The Hall–Kier alpha value is -3.45. The van der Waals surface area contributed by atoms with Gasteiger partial charge in [-0.2, -0.15) is 0 Å². The van der Waals surface area contributed by atoms with E-state index in [4.69, 9.17) is 14.2 Å². The Kier molecular flexibility index (Phi) is 6.43. The van der Waals surface area contributed by atoms with Crippen LogP contribution >= 0.6 is 11.8 Å². The molecule has 0 aliphatic carbocycles. The third-order valence-electron chi connectivity index (χ3n) is 4.78. The van der Waals surface area contributed by atoms with Crippen LogP contribution in [0.1, 0.15) is 5.56 Å². The van der Waals surface area contributed by atoms with Crippen LogP contribution in [-0.2, 0) is 5.75 Å². The van der Waals surface area contributed by atoms with Crippen LogP contribution < -0.4 is 14.2 Å². The van der Waals surface area contributed by atoms with Crippen LogP contribution in [0.5, 0.6) is 17.2 Å². The van der Waals surface area contributed by atoms with Gasteiger partial charge in [0.2, 0.25) is 5.75 Å². The minimum Gasteiger partial charge on any atom is -0.493 e. The number of ether oxygens (including phenoxy) is 3. The molecule has 4 rings (SSSR count). The van der Waals surface area contributed by atoms with Crippen LogP contribution in [-0.4, -0.2) is 36.1 Å². The fourth-order valence-electron chi connectivity index (χ4n) is 3.29. The molecule has 3 aromatic carbocycles. The molecule has 0 atom stereocenters. The molecule has 1 heterocycles. The maximum Gasteiger partial charge on any atom is 0.203 e. The number of nitrogens with zero attached hydrogens (tertiary/aromatic N) is 3. The molecule has 0 spiro atoms. The zero-order valence-corrected chi connectivity index (χ0v) is 18.4. The normalized spacial score (nSPS) is 10.7. The number of benzene rings is 3. The van der Waals surface area contributed by atoms with Crippen molar-refractivity contribution in [3.63, 3.8) is 0 Å². The van der Waals surface area contributed by atoms with Gasteiger partial charge in [-0.05, 0) is 29.8 Å². The summed E-state index contributed by atoms with van der Waals surface area (Å²) in [7, 11) is 4.79. The lowest BCUT2D eigenvalue weighted by Crippen LogP contribution is -2.01. The first kappa shape index (κ1) is 20.8. The second kappa shape index (κ2) is 9.57. The standard InChI is InChI=1S/C24H23N3O3S/c1-28-20-14-18(15-21(29-2)22(20)30-3)23-25-26-24(27(23)19-12-8-5-9-13-19)31-16-17-10-6-4-7-11-17/h4-15H,16H2,1-3H3. The van der Waals surface area contributed by atoms with E-state index in [1.54, 1.807) is 33.1 Å². The highest BCUT2D eigenvalue weighted by atomic mass is 32.2. The summed E-state index contributed by atoms with van der Waals surface area (Å²) in [5, 5.41) is 9.83. The van der Waals surface area contributed by atoms with Gasteiger partial charge in [0.15, 0.2) is 22.5 Å². The van der Waals surface area contributed by atoms with Crippen LogP contribution in [0.2, 0.25) is 0 Å². The average Bonchev–Trinajstić information content (AvgIpc) is 3.27. The van der Waals surface area contributed by atoms with Crippen molar-refractivity contribution in [2.45, 2.75) is 10.9 Å². The Morgan fingerprint density at radius 1 is 0.774 bits per heavy atom. The predicted octanol–water partition coefficient (Wildman–Crippen LogP) is 5.25. The molecule has 4 aromatic rings. The fraction of sp³-hybridized carbons (Fsp3) is 0.167. The quantitative estimate of drug-likeness (QED) is 0.354. The highest BCUT2D eigenvalue weighted by Crippen LogP contribution is 2.41. The molecule has 0 saturated heterocycles. The van der Waals surface area contributed by atoms with Gasteiger partial charge >= 0.3 is 0 Å². The summed E-state index contributed by atoms with van der Waals surface area (Å²) in [5.41, 5.74) is 3.02. The van der Waals surface area contributed by atoms with Crippen molar-refractivity contribution in [2.75, 3.05) is 21.3 Å². The second-order valence-corrected chi connectivity index (χ2v) is 7.61. The lowest BCUT2D eigenvalue weighted by Gasteiger charge is -2.15. The van der Waals surface area contributed by atoms with Crippen molar-refractivity contribution in [1.82, 2.24) is 14.8 Å². The van der Waals surface area contributed by atoms with Gasteiger partial charge in [0, 0.05) is 17.0 Å². The first-order chi connectivity index (χ1) is 15.2. The molecule has 1 aromatic heterocycles. The molecule has 0 amide bonds. The molecule has 0 aliphatic rings. The van der Waals surface area contributed by atoms with Gasteiger partial charge < -0.3 is 14.2 Å². The molecule has 0 N–H and O–H groups in total. The van der Waals surface area contributed by atoms with Gasteiger partial charge in [-0.25, -0.2) is 0 Å².